The molecule has 0 aromatic carbocycles. The van der Waals surface area contributed by atoms with Gasteiger partial charge in [-0.25, -0.2) is 0 Å². The molecule has 0 amide bonds. The van der Waals surface area contributed by atoms with Crippen LogP contribution in [0.2, 0.25) is 0 Å². The Labute approximate surface area is 125 Å². The zero-order chi connectivity index (χ0) is 15.4. The molecule has 0 heterocycles. The summed E-state index contributed by atoms with van der Waals surface area (Å²) in [6.07, 6.45) is 4.78. The lowest BCUT2D eigenvalue weighted by Crippen LogP contribution is -2.59. The number of fused-ring (bicyclic) bond motifs is 1. The first-order chi connectivity index (χ1) is 9.71. The fraction of sp³-hybridized carbons (Fsp3) is 0.938. The van der Waals surface area contributed by atoms with Gasteiger partial charge in [0.2, 0.25) is 6.54 Å². The first-order valence-corrected chi connectivity index (χ1v) is 8.05. The van der Waals surface area contributed by atoms with Crippen molar-refractivity contribution in [2.45, 2.75) is 58.5 Å². The maximum atomic E-state index is 12.3. The molecular formula is C16H25NO4. The molecule has 0 aliphatic heterocycles. The molecule has 5 atom stereocenters. The Bertz CT molecular complexity index is 461. The minimum atomic E-state index is -0.524. The second kappa shape index (κ2) is 4.68. The lowest BCUT2D eigenvalue weighted by atomic mass is 9.45. The Morgan fingerprint density at radius 1 is 1.29 bits per heavy atom. The molecule has 118 valence electrons. The van der Waals surface area contributed by atoms with E-state index in [0.717, 1.165) is 18.8 Å². The van der Waals surface area contributed by atoms with Crippen LogP contribution < -0.4 is 0 Å². The third-order valence-electron chi connectivity index (χ3n) is 5.91. The third kappa shape index (κ3) is 2.44. The molecule has 5 nitrogen and oxygen atoms in total. The molecule has 0 radical (unpaired) electrons. The summed E-state index contributed by atoms with van der Waals surface area (Å²) in [6, 6.07) is 0. The van der Waals surface area contributed by atoms with Crippen LogP contribution in [-0.4, -0.2) is 23.0 Å². The van der Waals surface area contributed by atoms with Crippen LogP contribution in [-0.2, 0) is 9.53 Å². The average molecular weight is 295 g/mol. The summed E-state index contributed by atoms with van der Waals surface area (Å²) in [5, 5.41) is 11.2. The second-order valence-corrected chi connectivity index (χ2v) is 8.28. The standard InChI is InChI=1S/C16H25NO4/c1-15(2,3)21-14(18)8-16(9-17(19)20)12-5-4-10-6-11(12)13(16)7-10/h10-13H,4-9H2,1-3H3/t10-,11-,12?,13-,16-/m0/s1. The van der Waals surface area contributed by atoms with E-state index in [1.165, 1.54) is 12.8 Å². The van der Waals surface area contributed by atoms with E-state index >= 15 is 0 Å². The van der Waals surface area contributed by atoms with Crippen LogP contribution in [0.15, 0.2) is 0 Å². The van der Waals surface area contributed by atoms with Crippen LogP contribution in [0.5, 0.6) is 0 Å². The first kappa shape index (κ1) is 14.8. The number of hydrogen-bond acceptors (Lipinski definition) is 4. The van der Waals surface area contributed by atoms with Gasteiger partial charge in [0.05, 0.1) is 11.8 Å². The van der Waals surface area contributed by atoms with Crippen molar-refractivity contribution in [2.75, 3.05) is 6.54 Å². The SMILES string of the molecule is CC(C)(C)OC(=O)C[C@]1(C[N+](=O)[O-])C2CC[C@H]3C[C@@H]2[C@@H]1C3. The van der Waals surface area contributed by atoms with E-state index in [0.29, 0.717) is 17.8 Å². The van der Waals surface area contributed by atoms with Gasteiger partial charge in [-0.3, -0.25) is 14.9 Å². The first-order valence-electron chi connectivity index (χ1n) is 8.05. The van der Waals surface area contributed by atoms with Crippen LogP contribution >= 0.6 is 0 Å². The van der Waals surface area contributed by atoms with Gasteiger partial charge < -0.3 is 4.74 Å². The highest BCUT2D eigenvalue weighted by atomic mass is 16.6. The van der Waals surface area contributed by atoms with E-state index in [9.17, 15) is 14.9 Å². The Hall–Kier alpha value is -1.13. The van der Waals surface area contributed by atoms with Gasteiger partial charge in [-0.2, -0.15) is 0 Å². The number of carbonyl (C=O) groups excluding carboxylic acids is 1. The van der Waals surface area contributed by atoms with Crippen LogP contribution in [0.3, 0.4) is 0 Å². The van der Waals surface area contributed by atoms with Crippen molar-refractivity contribution in [3.8, 4) is 0 Å². The number of ether oxygens (including phenoxy) is 1. The second-order valence-electron chi connectivity index (χ2n) is 8.28. The summed E-state index contributed by atoms with van der Waals surface area (Å²) in [5.41, 5.74) is -0.953. The summed E-state index contributed by atoms with van der Waals surface area (Å²) in [4.78, 5) is 23.2. The van der Waals surface area contributed by atoms with Gasteiger partial charge in [-0.05, 0) is 63.7 Å². The molecule has 0 N–H and O–H groups in total. The predicted molar refractivity (Wildman–Crippen MR) is 77.2 cm³/mol. The van der Waals surface area contributed by atoms with Crippen molar-refractivity contribution in [1.82, 2.24) is 0 Å². The summed E-state index contributed by atoms with van der Waals surface area (Å²) in [6.45, 7) is 5.46. The molecule has 21 heavy (non-hydrogen) atoms. The number of esters is 1. The summed E-state index contributed by atoms with van der Waals surface area (Å²) >= 11 is 0. The molecule has 3 aliphatic rings. The summed E-state index contributed by atoms with van der Waals surface area (Å²) < 4.78 is 5.44. The zero-order valence-electron chi connectivity index (χ0n) is 13.1. The Morgan fingerprint density at radius 2 is 2.00 bits per heavy atom. The highest BCUT2D eigenvalue weighted by Gasteiger charge is 2.69. The fourth-order valence-corrected chi connectivity index (χ4v) is 5.46. The molecule has 3 saturated carbocycles. The van der Waals surface area contributed by atoms with E-state index in [4.69, 9.17) is 4.74 Å². The van der Waals surface area contributed by atoms with E-state index in [1.54, 1.807) is 0 Å². The van der Waals surface area contributed by atoms with Crippen LogP contribution in [0.25, 0.3) is 0 Å². The van der Waals surface area contributed by atoms with Crippen LogP contribution in [0.1, 0.15) is 52.9 Å². The van der Waals surface area contributed by atoms with E-state index < -0.39 is 11.0 Å². The number of carbonyl (C=O) groups is 1. The van der Waals surface area contributed by atoms with Crippen molar-refractivity contribution < 1.29 is 14.5 Å². The molecule has 2 bridgehead atoms. The van der Waals surface area contributed by atoms with Gasteiger partial charge in [0.15, 0.2) is 0 Å². The molecule has 5 heteroatoms. The highest BCUT2D eigenvalue weighted by molar-refractivity contribution is 5.71. The minimum Gasteiger partial charge on any atom is -0.460 e. The molecule has 1 unspecified atom stereocenters. The molecule has 0 aromatic heterocycles. The van der Waals surface area contributed by atoms with Crippen molar-refractivity contribution in [1.29, 1.82) is 0 Å². The van der Waals surface area contributed by atoms with E-state index in [-0.39, 0.29) is 23.9 Å². The molecule has 3 aliphatic carbocycles. The topological polar surface area (TPSA) is 69.4 Å². The van der Waals surface area contributed by atoms with Gasteiger partial charge in [0.1, 0.15) is 5.60 Å². The molecule has 3 rings (SSSR count). The number of nitrogens with zero attached hydrogens (tertiary/aromatic N) is 1. The van der Waals surface area contributed by atoms with Gasteiger partial charge in [0.25, 0.3) is 0 Å². The maximum Gasteiger partial charge on any atom is 0.307 e. The van der Waals surface area contributed by atoms with E-state index in [1.807, 2.05) is 20.8 Å². The predicted octanol–water partition coefficient (Wildman–Crippen LogP) is 3.05. The number of nitro groups is 1. The zero-order valence-corrected chi connectivity index (χ0v) is 13.1. The highest BCUT2D eigenvalue weighted by Crippen LogP contribution is 2.70. The number of rotatable bonds is 4. The summed E-state index contributed by atoms with van der Waals surface area (Å²) in [7, 11) is 0. The van der Waals surface area contributed by atoms with E-state index in [2.05, 4.69) is 0 Å². The molecule has 0 spiro atoms. The van der Waals surface area contributed by atoms with Crippen molar-refractivity contribution in [3.63, 3.8) is 0 Å². The average Bonchev–Trinajstić information content (AvgIpc) is 2.50. The lowest BCUT2D eigenvalue weighted by Gasteiger charge is -2.57. The monoisotopic (exact) mass is 295 g/mol. The largest absolute Gasteiger partial charge is 0.460 e. The van der Waals surface area contributed by atoms with Gasteiger partial charge in [-0.1, -0.05) is 6.42 Å². The lowest BCUT2D eigenvalue weighted by molar-refractivity contribution is -0.512. The smallest absolute Gasteiger partial charge is 0.307 e. The molecular weight excluding hydrogens is 270 g/mol. The van der Waals surface area contributed by atoms with Gasteiger partial charge >= 0.3 is 5.97 Å². The minimum absolute atomic E-state index is 0.0647. The fourth-order valence-electron chi connectivity index (χ4n) is 5.46. The van der Waals surface area contributed by atoms with Crippen molar-refractivity contribution in [2.24, 2.45) is 29.1 Å². The molecule has 3 fully saturated rings. The van der Waals surface area contributed by atoms with Crippen molar-refractivity contribution >= 4 is 5.97 Å². The van der Waals surface area contributed by atoms with Gasteiger partial charge in [-0.15, -0.1) is 0 Å². The third-order valence-corrected chi connectivity index (χ3v) is 5.91. The quantitative estimate of drug-likeness (QED) is 0.454. The maximum absolute atomic E-state index is 12.3. The molecule has 0 saturated heterocycles. The van der Waals surface area contributed by atoms with Crippen molar-refractivity contribution in [3.05, 3.63) is 10.1 Å². The Morgan fingerprint density at radius 3 is 2.62 bits per heavy atom. The Kier molecular flexibility index (Phi) is 3.30. The van der Waals surface area contributed by atoms with Gasteiger partial charge in [0, 0.05) is 4.92 Å². The normalized spacial score (nSPS) is 40.5. The summed E-state index contributed by atoms with van der Waals surface area (Å²) in [5.74, 6) is 1.83. The number of hydrogen-bond donors (Lipinski definition) is 0. The Balaban J connectivity index is 1.79. The van der Waals surface area contributed by atoms with Crippen LogP contribution in [0.4, 0.5) is 0 Å². The molecule has 0 aromatic rings. The van der Waals surface area contributed by atoms with Crippen LogP contribution in [0, 0.1) is 39.2 Å².